The van der Waals surface area contributed by atoms with Crippen LogP contribution in [0.15, 0.2) is 76.7 Å². The molecule has 0 aliphatic heterocycles. The number of nitrogens with zero attached hydrogens (tertiary/aromatic N) is 2. The van der Waals surface area contributed by atoms with Crippen LogP contribution in [0.25, 0.3) is 16.6 Å². The average molecular weight is 492 g/mol. The first-order valence-electron chi connectivity index (χ1n) is 11.5. The summed E-state index contributed by atoms with van der Waals surface area (Å²) in [4.78, 5) is 31.0. The number of hydrogen-bond acceptors (Lipinski definition) is 4. The third-order valence-electron chi connectivity index (χ3n) is 6.17. The molecule has 1 aliphatic carbocycles. The molecule has 0 bridgehead atoms. The van der Waals surface area contributed by atoms with Gasteiger partial charge in [0.05, 0.1) is 16.6 Å². The molecule has 0 saturated heterocycles. The minimum Gasteiger partial charge on any atom is -0.349 e. The summed E-state index contributed by atoms with van der Waals surface area (Å²) in [6, 6.07) is 17.0. The van der Waals surface area contributed by atoms with Gasteiger partial charge in [0.1, 0.15) is 11.6 Å². The molecule has 1 saturated carbocycles. The average Bonchev–Trinajstić information content (AvgIpc) is 3.36. The van der Waals surface area contributed by atoms with E-state index < -0.39 is 5.82 Å². The van der Waals surface area contributed by atoms with E-state index >= 15 is 0 Å². The molecule has 0 radical (unpaired) electrons. The lowest BCUT2D eigenvalue weighted by Gasteiger charge is -2.15. The molecule has 0 atom stereocenters. The van der Waals surface area contributed by atoms with E-state index in [4.69, 9.17) is 0 Å². The normalized spacial score (nSPS) is 13.9. The predicted octanol–water partition coefficient (Wildman–Crippen LogP) is 5.63. The van der Waals surface area contributed by atoms with Crippen LogP contribution in [0, 0.1) is 11.6 Å². The summed E-state index contributed by atoms with van der Waals surface area (Å²) in [7, 11) is 0. The molecule has 35 heavy (non-hydrogen) atoms. The zero-order valence-corrected chi connectivity index (χ0v) is 19.7. The first-order valence-corrected chi connectivity index (χ1v) is 12.5. The number of thioether (sulfide) groups is 1. The Morgan fingerprint density at radius 1 is 1.03 bits per heavy atom. The van der Waals surface area contributed by atoms with E-state index in [0.29, 0.717) is 27.7 Å². The van der Waals surface area contributed by atoms with E-state index in [1.165, 1.54) is 40.6 Å². The number of rotatable bonds is 6. The molecule has 1 fully saturated rings. The summed E-state index contributed by atoms with van der Waals surface area (Å²) < 4.78 is 29.5. The van der Waals surface area contributed by atoms with Crippen LogP contribution in [-0.2, 0) is 5.75 Å². The zero-order valence-electron chi connectivity index (χ0n) is 18.8. The highest BCUT2D eigenvalue weighted by Crippen LogP contribution is 2.26. The van der Waals surface area contributed by atoms with Crippen molar-refractivity contribution in [1.29, 1.82) is 0 Å². The van der Waals surface area contributed by atoms with E-state index in [-0.39, 0.29) is 34.2 Å². The van der Waals surface area contributed by atoms with Crippen LogP contribution >= 0.6 is 11.8 Å². The maximum atomic E-state index is 14.2. The third kappa shape index (κ3) is 4.98. The first-order chi connectivity index (χ1) is 17.0. The summed E-state index contributed by atoms with van der Waals surface area (Å²) in [6.45, 7) is 0. The maximum Gasteiger partial charge on any atom is 0.266 e. The first kappa shape index (κ1) is 23.2. The number of nitrogens with one attached hydrogen (secondary N) is 1. The third-order valence-corrected chi connectivity index (χ3v) is 7.16. The number of carbonyl (C=O) groups is 1. The standard InChI is InChI=1S/C27H23F2N3O2S/c28-19-7-5-10-21(15-19)32-26(34)22-13-12-17(25(33)30-20-8-2-3-9-20)14-24(22)31-27(32)35-16-18-6-1-4-11-23(18)29/h1,4-7,10-15,20H,2-3,8-9,16H2,(H,30,33). The van der Waals surface area contributed by atoms with Crippen molar-refractivity contribution in [2.45, 2.75) is 42.6 Å². The van der Waals surface area contributed by atoms with Crippen molar-refractivity contribution in [2.24, 2.45) is 0 Å². The van der Waals surface area contributed by atoms with Gasteiger partial charge in [0.2, 0.25) is 0 Å². The largest absolute Gasteiger partial charge is 0.349 e. The Hall–Kier alpha value is -3.52. The van der Waals surface area contributed by atoms with Crippen molar-refractivity contribution in [1.82, 2.24) is 14.9 Å². The molecule has 1 aromatic heterocycles. The SMILES string of the molecule is O=C(NC1CCCC1)c1ccc2c(=O)n(-c3cccc(F)c3)c(SCc3ccccc3F)nc2c1. The summed E-state index contributed by atoms with van der Waals surface area (Å²) in [5.74, 6) is -0.817. The summed E-state index contributed by atoms with van der Waals surface area (Å²) in [6.07, 6.45) is 4.14. The Kier molecular flexibility index (Phi) is 6.63. The molecule has 4 aromatic rings. The van der Waals surface area contributed by atoms with Gasteiger partial charge in [-0.3, -0.25) is 14.2 Å². The molecule has 1 heterocycles. The molecule has 1 aliphatic rings. The second kappa shape index (κ2) is 10.00. The fourth-order valence-electron chi connectivity index (χ4n) is 4.34. The minimum atomic E-state index is -0.488. The highest BCUT2D eigenvalue weighted by Gasteiger charge is 2.20. The van der Waals surface area contributed by atoms with Gasteiger partial charge < -0.3 is 5.32 Å². The number of carbonyl (C=O) groups excluding carboxylic acids is 1. The van der Waals surface area contributed by atoms with E-state index in [1.54, 1.807) is 42.5 Å². The summed E-state index contributed by atoms with van der Waals surface area (Å²) in [5, 5.41) is 3.64. The van der Waals surface area contributed by atoms with Crippen LogP contribution < -0.4 is 10.9 Å². The Morgan fingerprint density at radius 2 is 1.83 bits per heavy atom. The number of benzene rings is 3. The highest BCUT2D eigenvalue weighted by atomic mass is 32.2. The topological polar surface area (TPSA) is 64.0 Å². The lowest BCUT2D eigenvalue weighted by Crippen LogP contribution is -2.32. The van der Waals surface area contributed by atoms with Gasteiger partial charge in [-0.15, -0.1) is 0 Å². The summed E-state index contributed by atoms with van der Waals surface area (Å²) in [5.41, 5.74) is 1.17. The van der Waals surface area contributed by atoms with Gasteiger partial charge in [-0.05, 0) is 60.9 Å². The highest BCUT2D eigenvalue weighted by molar-refractivity contribution is 7.98. The molecule has 8 heteroatoms. The van der Waals surface area contributed by atoms with Gasteiger partial charge >= 0.3 is 0 Å². The van der Waals surface area contributed by atoms with Crippen LogP contribution in [0.2, 0.25) is 0 Å². The molecule has 0 unspecified atom stereocenters. The van der Waals surface area contributed by atoms with Crippen molar-refractivity contribution in [2.75, 3.05) is 0 Å². The Morgan fingerprint density at radius 3 is 2.60 bits per heavy atom. The van der Waals surface area contributed by atoms with E-state index in [1.807, 2.05) is 0 Å². The van der Waals surface area contributed by atoms with Gasteiger partial charge in [-0.1, -0.05) is 48.9 Å². The number of aromatic nitrogens is 2. The van der Waals surface area contributed by atoms with Crippen LogP contribution in [0.5, 0.6) is 0 Å². The van der Waals surface area contributed by atoms with Gasteiger partial charge in [0, 0.05) is 17.4 Å². The van der Waals surface area contributed by atoms with Crippen molar-refractivity contribution >= 4 is 28.6 Å². The van der Waals surface area contributed by atoms with Gasteiger partial charge in [-0.2, -0.15) is 0 Å². The molecule has 1 N–H and O–H groups in total. The molecule has 5 nitrogen and oxygen atoms in total. The van der Waals surface area contributed by atoms with E-state index in [2.05, 4.69) is 10.3 Å². The van der Waals surface area contributed by atoms with E-state index in [9.17, 15) is 18.4 Å². The number of fused-ring (bicyclic) bond motifs is 1. The van der Waals surface area contributed by atoms with Gasteiger partial charge in [0.25, 0.3) is 11.5 Å². The molecule has 5 rings (SSSR count). The van der Waals surface area contributed by atoms with Crippen LogP contribution in [0.1, 0.15) is 41.6 Å². The molecule has 0 spiro atoms. The molecule has 178 valence electrons. The predicted molar refractivity (Wildman–Crippen MR) is 133 cm³/mol. The smallest absolute Gasteiger partial charge is 0.266 e. The monoisotopic (exact) mass is 491 g/mol. The molecular formula is C27H23F2N3O2S. The van der Waals surface area contributed by atoms with Crippen molar-refractivity contribution in [3.63, 3.8) is 0 Å². The second-order valence-corrected chi connectivity index (χ2v) is 9.52. The molecule has 1 amide bonds. The lowest BCUT2D eigenvalue weighted by atomic mass is 10.1. The Labute approximate surface area is 205 Å². The van der Waals surface area contributed by atoms with Crippen molar-refractivity contribution in [3.8, 4) is 5.69 Å². The van der Waals surface area contributed by atoms with E-state index in [0.717, 1.165) is 25.7 Å². The molecule has 3 aromatic carbocycles. The fourth-order valence-corrected chi connectivity index (χ4v) is 5.34. The second-order valence-electron chi connectivity index (χ2n) is 8.58. The van der Waals surface area contributed by atoms with Gasteiger partial charge in [0.15, 0.2) is 5.16 Å². The van der Waals surface area contributed by atoms with Crippen molar-refractivity contribution < 1.29 is 13.6 Å². The Balaban J connectivity index is 1.57. The Bertz CT molecular complexity index is 1460. The number of hydrogen-bond donors (Lipinski definition) is 1. The fraction of sp³-hybridized carbons (Fsp3) is 0.222. The maximum absolute atomic E-state index is 14.2. The van der Waals surface area contributed by atoms with Crippen LogP contribution in [0.3, 0.4) is 0 Å². The number of halogens is 2. The zero-order chi connectivity index (χ0) is 24.4. The number of amides is 1. The van der Waals surface area contributed by atoms with Crippen LogP contribution in [0.4, 0.5) is 8.78 Å². The molecular weight excluding hydrogens is 468 g/mol. The lowest BCUT2D eigenvalue weighted by molar-refractivity contribution is 0.0938. The van der Waals surface area contributed by atoms with Crippen molar-refractivity contribution in [3.05, 3.63) is 99.8 Å². The van der Waals surface area contributed by atoms with Gasteiger partial charge in [-0.25, -0.2) is 13.8 Å². The summed E-state index contributed by atoms with van der Waals surface area (Å²) >= 11 is 1.17. The quantitative estimate of drug-likeness (QED) is 0.281. The minimum absolute atomic E-state index is 0.166. The van der Waals surface area contributed by atoms with Crippen LogP contribution in [-0.4, -0.2) is 21.5 Å².